The zero-order valence-corrected chi connectivity index (χ0v) is 4.79. The molecule has 0 aromatic rings. The maximum Gasteiger partial charge on any atom is 0.152 e. The van der Waals surface area contributed by atoms with Gasteiger partial charge in [0.1, 0.15) is 0 Å². The summed E-state index contributed by atoms with van der Waals surface area (Å²) in [6.45, 7) is 8.93. The van der Waals surface area contributed by atoms with E-state index >= 15 is 0 Å². The molecule has 0 saturated heterocycles. The van der Waals surface area contributed by atoms with Gasteiger partial charge in [0.05, 0.1) is 0 Å². The molecule has 0 aromatic heterocycles. The summed E-state index contributed by atoms with van der Waals surface area (Å²) < 4.78 is 0. The summed E-state index contributed by atoms with van der Waals surface area (Å²) in [5.41, 5.74) is 1.02. The Labute approximate surface area is 48.3 Å². The fourth-order valence-electron chi connectivity index (χ4n) is 0. The molecule has 0 saturated carbocycles. The van der Waals surface area contributed by atoms with E-state index in [2.05, 4.69) is 13.2 Å². The first kappa shape index (κ1) is 9.99. The Kier molecular flexibility index (Phi) is 11.6. The Morgan fingerprint density at radius 1 is 1.88 bits per heavy atom. The average Bonchev–Trinajstić information content (AvgIpc) is 1.69. The van der Waals surface area contributed by atoms with Gasteiger partial charge in [-0.25, -0.2) is 0 Å². The fourth-order valence-corrected chi connectivity index (χ4v) is 0. The van der Waals surface area contributed by atoms with E-state index in [0.717, 1.165) is 5.57 Å². The van der Waals surface area contributed by atoms with Crippen LogP contribution in [0.2, 0.25) is 0 Å². The van der Waals surface area contributed by atoms with Gasteiger partial charge in [0.25, 0.3) is 0 Å². The van der Waals surface area contributed by atoms with Crippen molar-refractivity contribution in [1.82, 2.24) is 0 Å². The summed E-state index contributed by atoms with van der Waals surface area (Å²) in [6.07, 6.45) is 1.72. The summed E-state index contributed by atoms with van der Waals surface area (Å²) in [7, 11) is 0. The third kappa shape index (κ3) is 94.9. The Bertz CT molecular complexity index is 88.4. The van der Waals surface area contributed by atoms with Crippen molar-refractivity contribution >= 4 is 0 Å². The van der Waals surface area contributed by atoms with E-state index < -0.39 is 0 Å². The smallest absolute Gasteiger partial charge is 0.152 e. The van der Waals surface area contributed by atoms with Crippen molar-refractivity contribution in [1.29, 1.82) is 0 Å². The second kappa shape index (κ2) is 9.30. The normalized spacial score (nSPS) is 5.62. The lowest BCUT2D eigenvalue weighted by Crippen LogP contribution is -1.50. The first-order chi connectivity index (χ1) is 3.68. The van der Waals surface area contributed by atoms with Crippen LogP contribution in [0.5, 0.6) is 0 Å². The van der Waals surface area contributed by atoms with Crippen LogP contribution < -0.4 is 0 Å². The van der Waals surface area contributed by atoms with E-state index in [1.54, 1.807) is 6.08 Å². The van der Waals surface area contributed by atoms with Gasteiger partial charge in [-0.15, -0.1) is 4.91 Å². The lowest BCUT2D eigenvalue weighted by Gasteiger charge is -1.71. The van der Waals surface area contributed by atoms with Gasteiger partial charge in [-0.3, -0.25) is 0 Å². The molecular weight excluding hydrogens is 106 g/mol. The minimum absolute atomic E-state index is 1.02. The number of hydrogen-bond donors (Lipinski definition) is 1. The van der Waals surface area contributed by atoms with Crippen LogP contribution in [0.4, 0.5) is 0 Å². The largest absolute Gasteiger partial charge is 0.379 e. The molecule has 0 aliphatic rings. The van der Waals surface area contributed by atoms with Crippen LogP contribution in [0, 0.1) is 4.91 Å². The van der Waals surface area contributed by atoms with Crippen molar-refractivity contribution in [2.45, 2.75) is 6.92 Å². The van der Waals surface area contributed by atoms with Crippen molar-refractivity contribution in [2.24, 2.45) is 5.34 Å². The first-order valence-corrected chi connectivity index (χ1v) is 1.93. The van der Waals surface area contributed by atoms with Gasteiger partial charge in [0.15, 0.2) is 5.34 Å². The van der Waals surface area contributed by atoms with Crippen LogP contribution in [0.25, 0.3) is 0 Å². The van der Waals surface area contributed by atoms with Crippen LogP contribution in [0.15, 0.2) is 30.1 Å². The highest BCUT2D eigenvalue weighted by atomic mass is 16.6. The highest BCUT2D eigenvalue weighted by molar-refractivity contribution is 5.05. The van der Waals surface area contributed by atoms with Crippen molar-refractivity contribution in [3.8, 4) is 0 Å². The third-order valence-corrected chi connectivity index (χ3v) is 0.348. The molecule has 0 spiro atoms. The predicted octanol–water partition coefficient (Wildman–Crippen LogP) is 1.89. The first-order valence-electron chi connectivity index (χ1n) is 1.93. The maximum atomic E-state index is 8.11. The summed E-state index contributed by atoms with van der Waals surface area (Å²) in [5, 5.41) is 7.89. The molecule has 0 aromatic carbocycles. The molecule has 0 bridgehead atoms. The van der Waals surface area contributed by atoms with E-state index in [9.17, 15) is 0 Å². The van der Waals surface area contributed by atoms with Crippen molar-refractivity contribution < 1.29 is 5.21 Å². The number of rotatable bonds is 1. The number of hydrogen-bond acceptors (Lipinski definition) is 2. The standard InChI is InChI=1S/C5H8.HNO2/c1-4-5(2)3;2-1-3/h4H,1-2H2,3H3;(H,2,3). The molecule has 8 heavy (non-hydrogen) atoms. The van der Waals surface area contributed by atoms with E-state index in [1.807, 2.05) is 6.92 Å². The van der Waals surface area contributed by atoms with Crippen LogP contribution in [0.3, 0.4) is 0 Å². The van der Waals surface area contributed by atoms with Crippen molar-refractivity contribution in [3.63, 3.8) is 0 Å². The Morgan fingerprint density at radius 3 is 2.00 bits per heavy atom. The summed E-state index contributed by atoms with van der Waals surface area (Å²) in [4.78, 5) is 8.11. The number of allylic oxidation sites excluding steroid dienone is 2. The van der Waals surface area contributed by atoms with Crippen LogP contribution in [0.1, 0.15) is 6.92 Å². The molecule has 0 atom stereocenters. The minimum atomic E-state index is 1.02. The SMILES string of the molecule is C=CC(=C)C.O=NO. The molecule has 1 N–H and O–H groups in total. The predicted molar refractivity (Wildman–Crippen MR) is 32.6 cm³/mol. The zero-order valence-electron chi connectivity index (χ0n) is 4.79. The average molecular weight is 115 g/mol. The Hall–Kier alpha value is -1.12. The third-order valence-electron chi connectivity index (χ3n) is 0.348. The maximum absolute atomic E-state index is 8.11. The molecular formula is C5H9NO2. The summed E-state index contributed by atoms with van der Waals surface area (Å²) in [5.74, 6) is 0. The molecule has 0 heterocycles. The summed E-state index contributed by atoms with van der Waals surface area (Å²) >= 11 is 0. The zero-order chi connectivity index (χ0) is 6.99. The van der Waals surface area contributed by atoms with Gasteiger partial charge >= 0.3 is 0 Å². The molecule has 3 heteroatoms. The van der Waals surface area contributed by atoms with E-state index in [1.165, 1.54) is 5.34 Å². The molecule has 46 valence electrons. The quantitative estimate of drug-likeness (QED) is 0.322. The van der Waals surface area contributed by atoms with Crippen LogP contribution >= 0.6 is 0 Å². The highest BCUT2D eigenvalue weighted by Gasteiger charge is 1.59. The Balaban J connectivity index is 0. The van der Waals surface area contributed by atoms with Gasteiger partial charge in [-0.1, -0.05) is 24.8 Å². The van der Waals surface area contributed by atoms with Crippen LogP contribution in [-0.4, -0.2) is 5.21 Å². The monoisotopic (exact) mass is 115 g/mol. The number of nitrogens with zero attached hydrogens (tertiary/aromatic N) is 1. The van der Waals surface area contributed by atoms with Gasteiger partial charge in [0, 0.05) is 0 Å². The van der Waals surface area contributed by atoms with Gasteiger partial charge in [-0.05, 0) is 6.92 Å². The van der Waals surface area contributed by atoms with Gasteiger partial charge < -0.3 is 5.21 Å². The summed E-state index contributed by atoms with van der Waals surface area (Å²) in [6, 6.07) is 0. The molecule has 0 aliphatic carbocycles. The molecule has 0 aliphatic heterocycles. The van der Waals surface area contributed by atoms with Crippen molar-refractivity contribution in [2.75, 3.05) is 0 Å². The second-order valence-electron chi connectivity index (χ2n) is 1.13. The van der Waals surface area contributed by atoms with E-state index in [-0.39, 0.29) is 0 Å². The fraction of sp³-hybridized carbons (Fsp3) is 0.200. The molecule has 0 rings (SSSR count). The molecule has 0 amide bonds. The molecule has 0 fully saturated rings. The van der Waals surface area contributed by atoms with Crippen LogP contribution in [-0.2, 0) is 0 Å². The van der Waals surface area contributed by atoms with Gasteiger partial charge in [0.2, 0.25) is 0 Å². The Morgan fingerprint density at radius 2 is 2.00 bits per heavy atom. The van der Waals surface area contributed by atoms with Gasteiger partial charge in [-0.2, -0.15) is 0 Å². The lowest BCUT2D eigenvalue weighted by molar-refractivity contribution is 0.312. The molecule has 3 nitrogen and oxygen atoms in total. The lowest BCUT2D eigenvalue weighted by atomic mass is 10.4. The molecule has 0 radical (unpaired) electrons. The minimum Gasteiger partial charge on any atom is -0.379 e. The van der Waals surface area contributed by atoms with E-state index in [0.29, 0.717) is 0 Å². The molecule has 0 unspecified atom stereocenters. The van der Waals surface area contributed by atoms with Crippen molar-refractivity contribution in [3.05, 3.63) is 29.7 Å². The van der Waals surface area contributed by atoms with E-state index in [4.69, 9.17) is 10.1 Å². The topological polar surface area (TPSA) is 49.7 Å². The highest BCUT2D eigenvalue weighted by Crippen LogP contribution is 1.81. The second-order valence-corrected chi connectivity index (χ2v) is 1.13.